The number of carbonyl (C=O) groups is 4. The molecule has 3 atom stereocenters. The molecule has 51 heavy (non-hydrogen) atoms. The van der Waals surface area contributed by atoms with Gasteiger partial charge in [0.05, 0.1) is 36.1 Å². The van der Waals surface area contributed by atoms with E-state index < -0.39 is 12.1 Å². The Morgan fingerprint density at radius 1 is 0.922 bits per heavy atom. The number of aliphatic hydroxyl groups excluding tert-OH is 1. The van der Waals surface area contributed by atoms with Crippen molar-refractivity contribution >= 4 is 46.5 Å². The van der Waals surface area contributed by atoms with E-state index in [0.717, 1.165) is 0 Å². The van der Waals surface area contributed by atoms with Crippen molar-refractivity contribution in [3.05, 3.63) is 66.2 Å². The molecule has 0 spiro atoms. The van der Waals surface area contributed by atoms with Gasteiger partial charge in [-0.25, -0.2) is 4.79 Å². The maximum Gasteiger partial charge on any atom is 0.321 e. The molecule has 0 bridgehead atoms. The van der Waals surface area contributed by atoms with Crippen molar-refractivity contribution in [1.29, 1.82) is 0 Å². The summed E-state index contributed by atoms with van der Waals surface area (Å²) in [7, 11) is 1.66. The van der Waals surface area contributed by atoms with Gasteiger partial charge in [0, 0.05) is 49.8 Å². The van der Waals surface area contributed by atoms with E-state index >= 15 is 0 Å². The maximum atomic E-state index is 13.8. The number of para-hydroxylation sites is 2. The molecule has 3 aromatic rings. The monoisotopic (exact) mass is 702 g/mol. The van der Waals surface area contributed by atoms with Crippen LogP contribution in [0.2, 0.25) is 0 Å². The molecule has 0 aliphatic carbocycles. The summed E-state index contributed by atoms with van der Waals surface area (Å²) in [6.07, 6.45) is 1.92. The summed E-state index contributed by atoms with van der Waals surface area (Å²) in [5.74, 6) is 0.566. The second kappa shape index (κ2) is 16.9. The van der Waals surface area contributed by atoms with Gasteiger partial charge < -0.3 is 50.8 Å². The van der Waals surface area contributed by atoms with Gasteiger partial charge in [0.2, 0.25) is 18.6 Å². The number of fused-ring (bicyclic) bond motifs is 2. The minimum atomic E-state index is -0.509. The van der Waals surface area contributed by atoms with Crippen LogP contribution in [0, 0.1) is 5.92 Å². The summed E-state index contributed by atoms with van der Waals surface area (Å²) in [6, 6.07) is 16.3. The number of urea groups is 1. The molecule has 2 aliphatic rings. The van der Waals surface area contributed by atoms with Crippen LogP contribution in [0.4, 0.5) is 27.5 Å². The maximum absolute atomic E-state index is 13.8. The first-order valence-corrected chi connectivity index (χ1v) is 17.1. The van der Waals surface area contributed by atoms with E-state index in [4.69, 9.17) is 19.9 Å². The van der Waals surface area contributed by atoms with Gasteiger partial charge in [-0.15, -0.1) is 0 Å². The third kappa shape index (κ3) is 9.60. The quantitative estimate of drug-likeness (QED) is 0.122. The molecular formula is C37H46N6O8. The molecule has 0 radical (unpaired) electrons. The summed E-state index contributed by atoms with van der Waals surface area (Å²) >= 11 is 0. The summed E-state index contributed by atoms with van der Waals surface area (Å²) < 4.78 is 17.2. The van der Waals surface area contributed by atoms with E-state index in [9.17, 15) is 24.3 Å². The van der Waals surface area contributed by atoms with Gasteiger partial charge in [0.15, 0.2) is 11.5 Å². The molecule has 272 valence electrons. The molecule has 0 fully saturated rings. The highest BCUT2D eigenvalue weighted by Gasteiger charge is 2.34. The highest BCUT2D eigenvalue weighted by Crippen LogP contribution is 2.35. The number of likely N-dealkylation sites (N-methyl/N-ethyl adjacent to an activating group) is 1. The number of hydrogen-bond donors (Lipinski definition) is 5. The van der Waals surface area contributed by atoms with E-state index in [0.29, 0.717) is 65.7 Å². The molecule has 2 aliphatic heterocycles. The summed E-state index contributed by atoms with van der Waals surface area (Å²) in [4.78, 5) is 55.2. The van der Waals surface area contributed by atoms with Crippen LogP contribution in [-0.2, 0) is 9.59 Å². The predicted octanol–water partition coefficient (Wildman–Crippen LogP) is 4.91. The Balaban J connectivity index is 1.18. The molecular weight excluding hydrogens is 656 g/mol. The van der Waals surface area contributed by atoms with Gasteiger partial charge in [-0.3, -0.25) is 14.4 Å². The number of unbranched alkanes of at least 4 members (excludes halogenated alkanes) is 2. The van der Waals surface area contributed by atoms with Crippen LogP contribution in [0.3, 0.4) is 0 Å². The van der Waals surface area contributed by atoms with E-state index in [1.165, 1.54) is 4.90 Å². The van der Waals surface area contributed by atoms with Gasteiger partial charge in [-0.2, -0.15) is 0 Å². The van der Waals surface area contributed by atoms with Crippen LogP contribution >= 0.6 is 0 Å². The molecule has 0 aromatic heterocycles. The van der Waals surface area contributed by atoms with Gasteiger partial charge in [0.1, 0.15) is 11.9 Å². The lowest BCUT2D eigenvalue weighted by atomic mass is 9.99. The lowest BCUT2D eigenvalue weighted by molar-refractivity contribution is -0.116. The number of nitrogens with two attached hydrogens (primary N) is 1. The highest BCUT2D eigenvalue weighted by molar-refractivity contribution is 6.00. The van der Waals surface area contributed by atoms with Gasteiger partial charge >= 0.3 is 6.03 Å². The first-order chi connectivity index (χ1) is 24.5. The average Bonchev–Trinajstić information content (AvgIpc) is 3.58. The minimum absolute atomic E-state index is 0.128. The average molecular weight is 703 g/mol. The number of nitrogens with zero attached hydrogens (tertiary/aromatic N) is 2. The van der Waals surface area contributed by atoms with Crippen molar-refractivity contribution in [3.8, 4) is 17.2 Å². The van der Waals surface area contributed by atoms with Crippen molar-refractivity contribution < 1.29 is 38.5 Å². The van der Waals surface area contributed by atoms with Crippen molar-refractivity contribution in [2.45, 2.75) is 58.1 Å². The third-order valence-corrected chi connectivity index (χ3v) is 8.92. The zero-order valence-electron chi connectivity index (χ0n) is 29.1. The molecule has 14 heteroatoms. The topological polar surface area (TPSA) is 185 Å². The number of benzene rings is 3. The molecule has 3 aromatic carbocycles. The SMILES string of the molecule is C[C@H]1CN([C@@H](C)CO)C(=O)c2cc(NC(=O)CCCCCC(=O)Nc3ccccc3N)ccc2O[C@@H]1CN(C)C(=O)Nc1ccc2c(c1)OCO2. The molecule has 2 heterocycles. The number of nitrogens with one attached hydrogen (secondary N) is 3. The number of aliphatic hydroxyl groups is 1. The lowest BCUT2D eigenvalue weighted by Crippen LogP contribution is -2.50. The Kier molecular flexibility index (Phi) is 12.2. The number of ether oxygens (including phenoxy) is 3. The fourth-order valence-electron chi connectivity index (χ4n) is 5.86. The summed E-state index contributed by atoms with van der Waals surface area (Å²) in [5.41, 5.74) is 8.18. The van der Waals surface area contributed by atoms with E-state index in [1.54, 1.807) is 79.5 Å². The van der Waals surface area contributed by atoms with Crippen LogP contribution in [-0.4, -0.2) is 84.3 Å². The molecule has 6 N–H and O–H groups in total. The normalized spacial score (nSPS) is 16.9. The Bertz CT molecular complexity index is 1730. The van der Waals surface area contributed by atoms with Crippen molar-refractivity contribution in [2.75, 3.05) is 55.2 Å². The Labute approximate surface area is 297 Å². The lowest BCUT2D eigenvalue weighted by Gasteiger charge is -2.38. The molecule has 5 rings (SSSR count). The summed E-state index contributed by atoms with van der Waals surface area (Å²) in [5, 5.41) is 18.5. The van der Waals surface area contributed by atoms with Crippen LogP contribution < -0.4 is 35.9 Å². The molecule has 5 amide bonds. The fraction of sp³-hybridized carbons (Fsp3) is 0.405. The molecule has 14 nitrogen and oxygen atoms in total. The number of hydrogen-bond acceptors (Lipinski definition) is 9. The van der Waals surface area contributed by atoms with E-state index in [1.807, 2.05) is 6.92 Å². The predicted molar refractivity (Wildman–Crippen MR) is 193 cm³/mol. The molecule has 0 unspecified atom stereocenters. The molecule has 0 saturated heterocycles. The number of anilines is 4. The zero-order chi connectivity index (χ0) is 36.5. The minimum Gasteiger partial charge on any atom is -0.487 e. The third-order valence-electron chi connectivity index (χ3n) is 8.92. The zero-order valence-corrected chi connectivity index (χ0v) is 29.1. The smallest absolute Gasteiger partial charge is 0.321 e. The highest BCUT2D eigenvalue weighted by atomic mass is 16.7. The van der Waals surface area contributed by atoms with Crippen LogP contribution in [0.15, 0.2) is 60.7 Å². The molecule has 0 saturated carbocycles. The van der Waals surface area contributed by atoms with Crippen LogP contribution in [0.25, 0.3) is 0 Å². The number of amides is 5. The van der Waals surface area contributed by atoms with Crippen molar-refractivity contribution in [3.63, 3.8) is 0 Å². The Morgan fingerprint density at radius 3 is 2.31 bits per heavy atom. The first-order valence-electron chi connectivity index (χ1n) is 17.1. The first kappa shape index (κ1) is 36.8. The number of nitrogen functional groups attached to an aromatic ring is 1. The second-order valence-corrected chi connectivity index (χ2v) is 13.0. The van der Waals surface area contributed by atoms with Crippen molar-refractivity contribution in [2.24, 2.45) is 5.92 Å². The van der Waals surface area contributed by atoms with Gasteiger partial charge in [-0.05, 0) is 62.2 Å². The van der Waals surface area contributed by atoms with Crippen molar-refractivity contribution in [1.82, 2.24) is 9.80 Å². The second-order valence-electron chi connectivity index (χ2n) is 13.0. The number of rotatable bonds is 13. The van der Waals surface area contributed by atoms with Crippen LogP contribution in [0.5, 0.6) is 17.2 Å². The van der Waals surface area contributed by atoms with E-state index in [-0.39, 0.29) is 68.1 Å². The largest absolute Gasteiger partial charge is 0.487 e. The Hall–Kier alpha value is -5.50. The van der Waals surface area contributed by atoms with Crippen LogP contribution in [0.1, 0.15) is 56.3 Å². The van der Waals surface area contributed by atoms with Gasteiger partial charge in [-0.1, -0.05) is 25.5 Å². The van der Waals surface area contributed by atoms with E-state index in [2.05, 4.69) is 16.0 Å². The fourth-order valence-corrected chi connectivity index (χ4v) is 5.86. The summed E-state index contributed by atoms with van der Waals surface area (Å²) in [6.45, 7) is 4.06. The standard InChI is InChI=1S/C37H46N6O8/c1-23-19-43(24(2)21-44)36(47)27-17-25(39-34(45)11-5-4-6-12-35(46)41-29-10-8-7-9-28(29)38)13-15-30(27)51-33(23)20-42(3)37(48)40-26-14-16-31-32(18-26)50-22-49-31/h7-10,13-18,23-24,33,44H,4-6,11-12,19-22,38H2,1-3H3,(H,39,45)(H,40,48)(H,41,46)/t23-,24-,33+/m0/s1. The number of carbonyl (C=O) groups excluding carboxylic acids is 4. The Morgan fingerprint density at radius 2 is 1.59 bits per heavy atom. The van der Waals surface area contributed by atoms with Gasteiger partial charge in [0.25, 0.3) is 5.91 Å².